The van der Waals surface area contributed by atoms with Gasteiger partial charge >= 0.3 is 6.18 Å². The predicted octanol–water partition coefficient (Wildman–Crippen LogP) is 5.32. The number of carbonyl (C=O) groups is 1. The molecule has 0 saturated carbocycles. The fourth-order valence-corrected chi connectivity index (χ4v) is 3.59. The first-order valence-corrected chi connectivity index (χ1v) is 9.38. The molecule has 28 heavy (non-hydrogen) atoms. The van der Waals surface area contributed by atoms with Crippen LogP contribution in [0.2, 0.25) is 0 Å². The van der Waals surface area contributed by atoms with Crippen molar-refractivity contribution in [1.29, 1.82) is 0 Å². The summed E-state index contributed by atoms with van der Waals surface area (Å²) in [6.07, 6.45) is -0.768. The zero-order chi connectivity index (χ0) is 20.5. The monoisotopic (exact) mass is 408 g/mol. The second-order valence-electron chi connectivity index (χ2n) is 6.56. The average molecular weight is 408 g/mol. The Kier molecular flexibility index (Phi) is 5.55. The highest BCUT2D eigenvalue weighted by Gasteiger charge is 2.30. The van der Waals surface area contributed by atoms with Crippen LogP contribution in [0.1, 0.15) is 45.8 Å². The highest BCUT2D eigenvalue weighted by atomic mass is 32.1. The number of nitrogens with zero attached hydrogens (tertiary/aromatic N) is 3. The minimum Gasteiger partial charge on any atom is -0.332 e. The quantitative estimate of drug-likeness (QED) is 0.561. The first-order chi connectivity index (χ1) is 13.1. The van der Waals surface area contributed by atoms with Gasteiger partial charge in [-0.15, -0.1) is 11.3 Å². The van der Waals surface area contributed by atoms with Gasteiger partial charge in [0.1, 0.15) is 0 Å². The Morgan fingerprint density at radius 1 is 1.25 bits per heavy atom. The molecule has 0 aliphatic carbocycles. The molecule has 0 bridgehead atoms. The van der Waals surface area contributed by atoms with E-state index in [2.05, 4.69) is 15.4 Å². The van der Waals surface area contributed by atoms with Gasteiger partial charge in [0.25, 0.3) is 0 Å². The minimum absolute atomic E-state index is 0.0174. The zero-order valence-corrected chi connectivity index (χ0v) is 16.4. The van der Waals surface area contributed by atoms with E-state index >= 15 is 0 Å². The van der Waals surface area contributed by atoms with E-state index in [4.69, 9.17) is 0 Å². The van der Waals surface area contributed by atoms with E-state index in [1.54, 1.807) is 24.1 Å². The Bertz CT molecular complexity index is 976. The number of Topliss-reactive ketones (excluding diaryl/α,β-unsaturated/α-hetero) is 1. The number of aryl methyl sites for hydroxylation is 1. The van der Waals surface area contributed by atoms with Crippen LogP contribution in [0, 0.1) is 6.92 Å². The van der Waals surface area contributed by atoms with Crippen molar-refractivity contribution in [3.63, 3.8) is 0 Å². The standard InChI is InChI=1S/C19H19F3N4OS/c1-11(8-16(27)15-9-24-26(3)12(15)2)17-10-23-18(28-17)25-14-6-4-13(5-7-14)19(20,21)22/h4-7,9-11H,8H2,1-3H3,(H,23,25). The van der Waals surface area contributed by atoms with E-state index in [1.165, 1.54) is 23.5 Å². The summed E-state index contributed by atoms with van der Waals surface area (Å²) in [5, 5.41) is 7.65. The number of benzene rings is 1. The molecule has 1 N–H and O–H groups in total. The van der Waals surface area contributed by atoms with Gasteiger partial charge in [0, 0.05) is 35.9 Å². The molecule has 1 atom stereocenters. The summed E-state index contributed by atoms with van der Waals surface area (Å²) in [6, 6.07) is 4.77. The number of anilines is 2. The molecule has 0 saturated heterocycles. The average Bonchev–Trinajstić information content (AvgIpc) is 3.22. The van der Waals surface area contributed by atoms with Crippen molar-refractivity contribution in [3.8, 4) is 0 Å². The fraction of sp³-hybridized carbons (Fsp3) is 0.316. The van der Waals surface area contributed by atoms with Crippen LogP contribution in [0.5, 0.6) is 0 Å². The zero-order valence-electron chi connectivity index (χ0n) is 15.5. The number of rotatable bonds is 6. The molecular formula is C19H19F3N4OS. The first-order valence-electron chi connectivity index (χ1n) is 8.57. The molecule has 0 amide bonds. The van der Waals surface area contributed by atoms with E-state index in [-0.39, 0.29) is 11.7 Å². The molecule has 3 aromatic rings. The number of halogens is 3. The molecular weight excluding hydrogens is 389 g/mol. The number of nitrogens with one attached hydrogen (secondary N) is 1. The molecule has 2 aromatic heterocycles. The SMILES string of the molecule is Cc1c(C(=O)CC(C)c2cnc(Nc3ccc(C(F)(F)F)cc3)s2)cnn1C. The maximum absolute atomic E-state index is 12.6. The molecule has 3 rings (SSSR count). The van der Waals surface area contributed by atoms with Gasteiger partial charge in [0.2, 0.25) is 0 Å². The van der Waals surface area contributed by atoms with Gasteiger partial charge in [0.05, 0.1) is 17.3 Å². The number of hydrogen-bond donors (Lipinski definition) is 1. The van der Waals surface area contributed by atoms with E-state index < -0.39 is 11.7 Å². The smallest absolute Gasteiger partial charge is 0.332 e. The highest BCUT2D eigenvalue weighted by Crippen LogP contribution is 2.33. The summed E-state index contributed by atoms with van der Waals surface area (Å²) in [4.78, 5) is 17.7. The summed E-state index contributed by atoms with van der Waals surface area (Å²) in [6.45, 7) is 3.79. The first kappa shape index (κ1) is 20.1. The predicted molar refractivity (Wildman–Crippen MR) is 102 cm³/mol. The maximum atomic E-state index is 12.6. The number of aromatic nitrogens is 3. The number of thiazole rings is 1. The molecule has 5 nitrogen and oxygen atoms in total. The molecule has 0 radical (unpaired) electrons. The molecule has 0 spiro atoms. The highest BCUT2D eigenvalue weighted by molar-refractivity contribution is 7.15. The third-order valence-corrected chi connectivity index (χ3v) is 5.64. The second kappa shape index (κ2) is 7.75. The summed E-state index contributed by atoms with van der Waals surface area (Å²) in [5.41, 5.74) is 1.26. The number of ketones is 1. The van der Waals surface area contributed by atoms with Crippen molar-refractivity contribution in [2.75, 3.05) is 5.32 Å². The lowest BCUT2D eigenvalue weighted by atomic mass is 9.99. The third-order valence-electron chi connectivity index (χ3n) is 4.50. The minimum atomic E-state index is -4.36. The lowest BCUT2D eigenvalue weighted by Crippen LogP contribution is -2.05. The van der Waals surface area contributed by atoms with Gasteiger partial charge in [-0.25, -0.2) is 4.98 Å². The van der Waals surface area contributed by atoms with E-state index in [1.807, 2.05) is 13.8 Å². The van der Waals surface area contributed by atoms with Crippen LogP contribution in [0.4, 0.5) is 24.0 Å². The largest absolute Gasteiger partial charge is 0.416 e. The van der Waals surface area contributed by atoms with Gasteiger partial charge in [-0.1, -0.05) is 6.92 Å². The number of carbonyl (C=O) groups excluding carboxylic acids is 1. The van der Waals surface area contributed by atoms with Crippen LogP contribution >= 0.6 is 11.3 Å². The summed E-state index contributed by atoms with van der Waals surface area (Å²) < 4.78 is 39.5. The maximum Gasteiger partial charge on any atom is 0.416 e. The lowest BCUT2D eigenvalue weighted by molar-refractivity contribution is -0.137. The van der Waals surface area contributed by atoms with Crippen LogP contribution in [0.25, 0.3) is 0 Å². The van der Waals surface area contributed by atoms with Gasteiger partial charge in [-0.05, 0) is 37.1 Å². The molecule has 9 heteroatoms. The Balaban J connectivity index is 1.64. The molecule has 0 fully saturated rings. The fourth-order valence-electron chi connectivity index (χ4n) is 2.70. The lowest BCUT2D eigenvalue weighted by Gasteiger charge is -2.08. The van der Waals surface area contributed by atoms with Gasteiger partial charge in [-0.2, -0.15) is 18.3 Å². The van der Waals surface area contributed by atoms with Crippen LogP contribution in [0.3, 0.4) is 0 Å². The molecule has 1 aromatic carbocycles. The Morgan fingerprint density at radius 2 is 1.93 bits per heavy atom. The Hall–Kier alpha value is -2.68. The second-order valence-corrected chi connectivity index (χ2v) is 7.63. The summed E-state index contributed by atoms with van der Waals surface area (Å²) >= 11 is 1.37. The normalized spacial score (nSPS) is 12.8. The van der Waals surface area contributed by atoms with Gasteiger partial charge in [0.15, 0.2) is 10.9 Å². The third kappa shape index (κ3) is 4.41. The molecule has 1 unspecified atom stereocenters. The van der Waals surface area contributed by atoms with Crippen molar-refractivity contribution in [2.24, 2.45) is 7.05 Å². The Morgan fingerprint density at radius 3 is 2.50 bits per heavy atom. The number of alkyl halides is 3. The van der Waals surface area contributed by atoms with Gasteiger partial charge < -0.3 is 5.32 Å². The van der Waals surface area contributed by atoms with Crippen LogP contribution in [0.15, 0.2) is 36.7 Å². The molecule has 0 aliphatic rings. The van der Waals surface area contributed by atoms with Crippen molar-refractivity contribution in [1.82, 2.24) is 14.8 Å². The van der Waals surface area contributed by atoms with Crippen molar-refractivity contribution in [2.45, 2.75) is 32.4 Å². The van der Waals surface area contributed by atoms with Crippen LogP contribution < -0.4 is 5.32 Å². The van der Waals surface area contributed by atoms with Crippen LogP contribution in [-0.4, -0.2) is 20.5 Å². The van der Waals surface area contributed by atoms with Crippen LogP contribution in [-0.2, 0) is 13.2 Å². The van der Waals surface area contributed by atoms with E-state index in [0.717, 1.165) is 22.7 Å². The number of hydrogen-bond acceptors (Lipinski definition) is 5. The van der Waals surface area contributed by atoms with Gasteiger partial charge in [-0.3, -0.25) is 9.48 Å². The van der Waals surface area contributed by atoms with E-state index in [0.29, 0.717) is 22.8 Å². The molecule has 148 valence electrons. The van der Waals surface area contributed by atoms with E-state index in [9.17, 15) is 18.0 Å². The molecule has 2 heterocycles. The summed E-state index contributed by atoms with van der Waals surface area (Å²) in [7, 11) is 1.79. The summed E-state index contributed by atoms with van der Waals surface area (Å²) in [5.74, 6) is -0.0171. The van der Waals surface area contributed by atoms with Crippen molar-refractivity contribution >= 4 is 27.9 Å². The topological polar surface area (TPSA) is 59.8 Å². The van der Waals surface area contributed by atoms with Crippen molar-refractivity contribution < 1.29 is 18.0 Å². The van der Waals surface area contributed by atoms with Crippen molar-refractivity contribution in [3.05, 3.63) is 58.4 Å². The molecule has 0 aliphatic heterocycles. The Labute approximate surface area is 164 Å².